The Morgan fingerprint density at radius 2 is 1.64 bits per heavy atom. The molecule has 0 aromatic heterocycles. The van der Waals surface area contributed by atoms with E-state index in [0.717, 1.165) is 0 Å². The lowest BCUT2D eigenvalue weighted by Gasteiger charge is -2.14. The number of urea groups is 1. The highest BCUT2D eigenvalue weighted by molar-refractivity contribution is 5.92. The van der Waals surface area contributed by atoms with Crippen LogP contribution in [0.1, 0.15) is 18.4 Å². The molecule has 0 bridgehead atoms. The van der Waals surface area contributed by atoms with Gasteiger partial charge in [0, 0.05) is 24.2 Å². The van der Waals surface area contributed by atoms with Crippen LogP contribution in [-0.2, 0) is 20.9 Å². The van der Waals surface area contributed by atoms with Crippen LogP contribution in [0.3, 0.4) is 0 Å². The Bertz CT molecular complexity index is 1020. The van der Waals surface area contributed by atoms with Crippen molar-refractivity contribution in [3.8, 4) is 5.75 Å². The van der Waals surface area contributed by atoms with Gasteiger partial charge in [0.2, 0.25) is 0 Å². The van der Waals surface area contributed by atoms with Gasteiger partial charge in [-0.05, 0) is 36.2 Å². The van der Waals surface area contributed by atoms with Crippen LogP contribution in [0.5, 0.6) is 5.75 Å². The third kappa shape index (κ3) is 8.53. The number of non-ortho nitro benzene ring substituents is 1. The zero-order chi connectivity index (χ0) is 24.4. The second kappa shape index (κ2) is 11.6. The van der Waals surface area contributed by atoms with E-state index in [1.807, 2.05) is 0 Å². The highest BCUT2D eigenvalue weighted by Crippen LogP contribution is 2.18. The van der Waals surface area contributed by atoms with Crippen molar-refractivity contribution in [2.75, 3.05) is 5.32 Å². The molecule has 4 N–H and O–H groups in total. The first-order chi connectivity index (χ1) is 15.6. The summed E-state index contributed by atoms with van der Waals surface area (Å²) in [7, 11) is 0. The number of ether oxygens (including phenoxy) is 2. The number of carboxylic acid groups (broad SMARTS) is 2. The van der Waals surface area contributed by atoms with Crippen molar-refractivity contribution in [3.05, 3.63) is 64.2 Å². The first-order valence-electron chi connectivity index (χ1n) is 9.34. The summed E-state index contributed by atoms with van der Waals surface area (Å²) >= 11 is 0. The van der Waals surface area contributed by atoms with E-state index in [-0.39, 0.29) is 24.5 Å². The highest BCUT2D eigenvalue weighted by Gasteiger charge is 2.21. The topological polar surface area (TPSA) is 194 Å². The summed E-state index contributed by atoms with van der Waals surface area (Å²) in [6.45, 7) is -0.158. The number of aliphatic carboxylic acids is 2. The van der Waals surface area contributed by atoms with Gasteiger partial charge in [-0.3, -0.25) is 14.9 Å². The molecule has 0 spiro atoms. The summed E-state index contributed by atoms with van der Waals surface area (Å²) in [5.41, 5.74) is 0.704. The van der Waals surface area contributed by atoms with E-state index in [2.05, 4.69) is 10.6 Å². The summed E-state index contributed by atoms with van der Waals surface area (Å²) in [6.07, 6.45) is -1.71. The number of amides is 2. The third-order valence-corrected chi connectivity index (χ3v) is 4.07. The molecule has 0 unspecified atom stereocenters. The fraction of sp³-hybridized carbons (Fsp3) is 0.200. The van der Waals surface area contributed by atoms with Crippen LogP contribution in [-0.4, -0.2) is 45.3 Å². The molecule has 13 heteroatoms. The molecule has 0 radical (unpaired) electrons. The third-order valence-electron chi connectivity index (χ3n) is 4.07. The standard InChI is InChI=1S/C20H19N3O10/c24-17(25)10-9-16(18(26)27)22-19(28)21-13-3-1-12(2-4-13)11-32-20(29)33-15-7-5-14(6-8-15)23(30)31/h1-8,16H,9-11H2,(H,24,25)(H,26,27)(H2,21,22,28)/t16-/m0/s1. The van der Waals surface area contributed by atoms with Crippen LogP contribution in [0.15, 0.2) is 48.5 Å². The second-order valence-corrected chi connectivity index (χ2v) is 6.51. The van der Waals surface area contributed by atoms with Gasteiger partial charge in [0.1, 0.15) is 18.4 Å². The van der Waals surface area contributed by atoms with Gasteiger partial charge in [0.25, 0.3) is 5.69 Å². The van der Waals surface area contributed by atoms with E-state index in [4.69, 9.17) is 19.7 Å². The van der Waals surface area contributed by atoms with Crippen LogP contribution < -0.4 is 15.4 Å². The van der Waals surface area contributed by atoms with Crippen molar-refractivity contribution >= 4 is 35.5 Å². The van der Waals surface area contributed by atoms with Gasteiger partial charge in [-0.25, -0.2) is 14.4 Å². The normalized spacial score (nSPS) is 11.0. The Labute approximate surface area is 186 Å². The number of carbonyl (C=O) groups excluding carboxylic acids is 2. The van der Waals surface area contributed by atoms with E-state index in [1.54, 1.807) is 0 Å². The number of benzene rings is 2. The van der Waals surface area contributed by atoms with Gasteiger partial charge >= 0.3 is 24.1 Å². The number of carboxylic acids is 2. The molecule has 0 aliphatic carbocycles. The zero-order valence-electron chi connectivity index (χ0n) is 16.9. The monoisotopic (exact) mass is 461 g/mol. The van der Waals surface area contributed by atoms with E-state index in [1.165, 1.54) is 48.5 Å². The Morgan fingerprint density at radius 3 is 2.18 bits per heavy atom. The lowest BCUT2D eigenvalue weighted by atomic mass is 10.1. The first kappa shape index (κ1) is 24.6. The number of nitrogens with zero attached hydrogens (tertiary/aromatic N) is 1. The molecule has 2 amide bonds. The van der Waals surface area contributed by atoms with Crippen molar-refractivity contribution in [2.24, 2.45) is 0 Å². The molecular weight excluding hydrogens is 442 g/mol. The van der Waals surface area contributed by atoms with E-state index in [9.17, 15) is 29.3 Å². The maximum absolute atomic E-state index is 11.9. The van der Waals surface area contributed by atoms with Crippen LogP contribution in [0.25, 0.3) is 0 Å². The molecule has 13 nitrogen and oxygen atoms in total. The molecule has 2 rings (SSSR count). The number of anilines is 1. The Hall–Kier alpha value is -4.68. The highest BCUT2D eigenvalue weighted by atomic mass is 16.7. The number of carbonyl (C=O) groups is 4. The van der Waals surface area contributed by atoms with E-state index < -0.39 is 41.5 Å². The summed E-state index contributed by atoms with van der Waals surface area (Å²) in [5, 5.41) is 32.9. The minimum absolute atomic E-state index is 0.0687. The smallest absolute Gasteiger partial charge is 0.481 e. The average molecular weight is 461 g/mol. The van der Waals surface area contributed by atoms with Crippen molar-refractivity contribution in [3.63, 3.8) is 0 Å². The van der Waals surface area contributed by atoms with Crippen molar-refractivity contribution in [2.45, 2.75) is 25.5 Å². The average Bonchev–Trinajstić information content (AvgIpc) is 2.76. The summed E-state index contributed by atoms with van der Waals surface area (Å²) in [4.78, 5) is 55.4. The van der Waals surface area contributed by atoms with Crippen molar-refractivity contribution in [1.82, 2.24) is 5.32 Å². The summed E-state index contributed by atoms with van der Waals surface area (Å²) < 4.78 is 9.85. The quantitative estimate of drug-likeness (QED) is 0.177. The van der Waals surface area contributed by atoms with Gasteiger partial charge in [-0.2, -0.15) is 0 Å². The predicted molar refractivity (Wildman–Crippen MR) is 111 cm³/mol. The molecule has 0 aliphatic heterocycles. The number of hydrogen-bond donors (Lipinski definition) is 4. The van der Waals surface area contributed by atoms with Crippen LogP contribution in [0, 0.1) is 10.1 Å². The molecule has 2 aromatic carbocycles. The van der Waals surface area contributed by atoms with Gasteiger partial charge in [-0.1, -0.05) is 12.1 Å². The maximum atomic E-state index is 11.9. The molecule has 174 valence electrons. The molecule has 0 saturated heterocycles. The number of nitro groups is 1. The van der Waals surface area contributed by atoms with E-state index >= 15 is 0 Å². The fourth-order valence-electron chi connectivity index (χ4n) is 2.44. The molecule has 33 heavy (non-hydrogen) atoms. The molecule has 0 fully saturated rings. The Balaban J connectivity index is 1.81. The lowest BCUT2D eigenvalue weighted by Crippen LogP contribution is -2.43. The van der Waals surface area contributed by atoms with Gasteiger partial charge in [-0.15, -0.1) is 0 Å². The van der Waals surface area contributed by atoms with Crippen molar-refractivity contribution in [1.29, 1.82) is 0 Å². The first-order valence-corrected chi connectivity index (χ1v) is 9.34. The second-order valence-electron chi connectivity index (χ2n) is 6.51. The molecule has 2 aromatic rings. The summed E-state index contributed by atoms with van der Waals surface area (Å²) in [5.74, 6) is -2.48. The van der Waals surface area contributed by atoms with Gasteiger partial charge < -0.3 is 30.3 Å². The number of nitrogens with one attached hydrogen (secondary N) is 2. The number of rotatable bonds is 10. The molecular formula is C20H19N3O10. The largest absolute Gasteiger partial charge is 0.514 e. The Morgan fingerprint density at radius 1 is 1.00 bits per heavy atom. The van der Waals surface area contributed by atoms with E-state index in [0.29, 0.717) is 11.3 Å². The zero-order valence-corrected chi connectivity index (χ0v) is 16.9. The molecule has 1 atom stereocenters. The fourth-order valence-corrected chi connectivity index (χ4v) is 2.44. The number of hydrogen-bond acceptors (Lipinski definition) is 8. The molecule has 0 heterocycles. The van der Waals surface area contributed by atoms with Crippen LogP contribution in [0.2, 0.25) is 0 Å². The predicted octanol–water partition coefficient (Wildman–Crippen LogP) is 2.75. The van der Waals surface area contributed by atoms with Gasteiger partial charge in [0.15, 0.2) is 0 Å². The molecule has 0 saturated carbocycles. The molecule has 0 aliphatic rings. The minimum Gasteiger partial charge on any atom is -0.481 e. The maximum Gasteiger partial charge on any atom is 0.514 e. The minimum atomic E-state index is -1.37. The van der Waals surface area contributed by atoms with Gasteiger partial charge in [0.05, 0.1) is 4.92 Å². The SMILES string of the molecule is O=C(O)CC[C@H](NC(=O)Nc1ccc(COC(=O)Oc2ccc([N+](=O)[O-])cc2)cc1)C(=O)O. The Kier molecular flexibility index (Phi) is 8.67. The number of nitro benzene ring substituents is 1. The van der Waals surface area contributed by atoms with Crippen LogP contribution >= 0.6 is 0 Å². The lowest BCUT2D eigenvalue weighted by molar-refractivity contribution is -0.384. The van der Waals surface area contributed by atoms with Crippen molar-refractivity contribution < 1.29 is 43.8 Å². The summed E-state index contributed by atoms with van der Waals surface area (Å²) in [6, 6.07) is 8.69. The van der Waals surface area contributed by atoms with Crippen LogP contribution in [0.4, 0.5) is 21.0 Å².